The van der Waals surface area contributed by atoms with Crippen molar-refractivity contribution in [2.75, 3.05) is 13.1 Å². The second kappa shape index (κ2) is 7.03. The van der Waals surface area contributed by atoms with Crippen LogP contribution in [0.15, 0.2) is 54.6 Å². The maximum absolute atomic E-state index is 13.4. The molecule has 5 rings (SSSR count). The van der Waals surface area contributed by atoms with Crippen molar-refractivity contribution in [3.8, 4) is 5.75 Å². The number of carbonyl (C=O) groups excluding carboxylic acids is 2. The molecule has 0 aromatic heterocycles. The molecule has 1 heterocycles. The number of phenolic OH excluding ortho intramolecular Hbond substituents is 1. The lowest BCUT2D eigenvalue weighted by Crippen LogP contribution is -2.42. The smallest absolute Gasteiger partial charge is 0.257 e. The third kappa shape index (κ3) is 3.00. The maximum atomic E-state index is 13.4. The topological polar surface area (TPSA) is 57.6 Å². The molecule has 4 nitrogen and oxygen atoms in total. The molecule has 29 heavy (non-hydrogen) atoms. The van der Waals surface area contributed by atoms with Crippen molar-refractivity contribution in [2.45, 2.75) is 25.7 Å². The molecule has 0 bridgehead atoms. The van der Waals surface area contributed by atoms with E-state index < -0.39 is 0 Å². The number of hydrogen-bond acceptors (Lipinski definition) is 3. The van der Waals surface area contributed by atoms with Gasteiger partial charge in [0.1, 0.15) is 5.75 Å². The third-order valence-electron chi connectivity index (χ3n) is 6.36. The van der Waals surface area contributed by atoms with E-state index in [0.29, 0.717) is 18.7 Å². The number of aromatic hydroxyl groups is 1. The van der Waals surface area contributed by atoms with Crippen molar-refractivity contribution in [1.29, 1.82) is 0 Å². The van der Waals surface area contributed by atoms with Crippen LogP contribution in [0.25, 0.3) is 10.8 Å². The molecule has 3 aromatic rings. The standard InChI is InChI=1S/C25H23NO3/c27-22-9-2-1-7-21(22)25(29)26-14-4-6-18(15-26)24(28)20-13-12-17-11-10-16-5-3-8-19(20)23(16)17/h1-3,5,7-9,12-13,18,27H,4,6,10-11,14-15H2/t18-/m1/s1. The molecular formula is C25H23NO3. The quantitative estimate of drug-likeness (QED) is 0.681. The van der Waals surface area contributed by atoms with Gasteiger partial charge in [-0.1, -0.05) is 42.5 Å². The van der Waals surface area contributed by atoms with Gasteiger partial charge in [0.2, 0.25) is 0 Å². The van der Waals surface area contributed by atoms with E-state index in [2.05, 4.69) is 18.2 Å². The molecule has 0 spiro atoms. The third-order valence-corrected chi connectivity index (χ3v) is 6.36. The summed E-state index contributed by atoms with van der Waals surface area (Å²) in [5.41, 5.74) is 3.72. The van der Waals surface area contributed by atoms with Gasteiger partial charge in [0.05, 0.1) is 5.56 Å². The molecular weight excluding hydrogens is 362 g/mol. The van der Waals surface area contributed by atoms with E-state index in [4.69, 9.17) is 0 Å². The van der Waals surface area contributed by atoms with Gasteiger partial charge in [-0.3, -0.25) is 9.59 Å². The number of aryl methyl sites for hydroxylation is 2. The Morgan fingerprint density at radius 2 is 1.69 bits per heavy atom. The Balaban J connectivity index is 1.43. The first kappa shape index (κ1) is 17.9. The van der Waals surface area contributed by atoms with Crippen molar-refractivity contribution in [2.24, 2.45) is 5.92 Å². The second-order valence-corrected chi connectivity index (χ2v) is 8.08. The molecule has 4 heteroatoms. The van der Waals surface area contributed by atoms with E-state index in [-0.39, 0.29) is 23.4 Å². The van der Waals surface area contributed by atoms with E-state index in [0.717, 1.165) is 36.6 Å². The van der Waals surface area contributed by atoms with Gasteiger partial charge in [0.25, 0.3) is 5.91 Å². The number of rotatable bonds is 3. The van der Waals surface area contributed by atoms with E-state index in [1.807, 2.05) is 12.1 Å². The van der Waals surface area contributed by atoms with Crippen molar-refractivity contribution >= 4 is 22.5 Å². The second-order valence-electron chi connectivity index (χ2n) is 8.08. The average Bonchev–Trinajstić information content (AvgIpc) is 3.18. The summed E-state index contributed by atoms with van der Waals surface area (Å²) < 4.78 is 0. The zero-order chi connectivity index (χ0) is 20.0. The highest BCUT2D eigenvalue weighted by Crippen LogP contribution is 2.34. The summed E-state index contributed by atoms with van der Waals surface area (Å²) in [5.74, 6) is -0.313. The Labute approximate surface area is 169 Å². The predicted octanol–water partition coefficient (Wildman–Crippen LogP) is 4.38. The first-order valence-corrected chi connectivity index (χ1v) is 10.3. The van der Waals surface area contributed by atoms with Gasteiger partial charge in [-0.05, 0) is 59.7 Å². The fraction of sp³-hybridized carbons (Fsp3) is 0.280. The van der Waals surface area contributed by atoms with Crippen LogP contribution in [0.1, 0.15) is 44.7 Å². The normalized spacial score (nSPS) is 18.2. The van der Waals surface area contributed by atoms with Gasteiger partial charge in [0, 0.05) is 24.6 Å². The molecule has 1 saturated heterocycles. The van der Waals surface area contributed by atoms with Crippen LogP contribution >= 0.6 is 0 Å². The summed E-state index contributed by atoms with van der Waals surface area (Å²) in [6.07, 6.45) is 3.65. The number of benzene rings is 3. The van der Waals surface area contributed by atoms with E-state index in [1.54, 1.807) is 23.1 Å². The Bertz CT molecular complexity index is 1120. The number of amides is 1. The van der Waals surface area contributed by atoms with E-state index in [1.165, 1.54) is 22.6 Å². The van der Waals surface area contributed by atoms with Crippen LogP contribution in [0.3, 0.4) is 0 Å². The molecule has 0 unspecified atom stereocenters. The maximum Gasteiger partial charge on any atom is 0.257 e. The van der Waals surface area contributed by atoms with Gasteiger partial charge in [-0.2, -0.15) is 0 Å². The number of carbonyl (C=O) groups is 2. The molecule has 3 aromatic carbocycles. The summed E-state index contributed by atoms with van der Waals surface area (Å²) in [7, 11) is 0. The lowest BCUT2D eigenvalue weighted by molar-refractivity contribution is 0.0635. The van der Waals surface area contributed by atoms with Crippen LogP contribution in [0, 0.1) is 5.92 Å². The number of likely N-dealkylation sites (tertiary alicyclic amines) is 1. The van der Waals surface area contributed by atoms with E-state index >= 15 is 0 Å². The molecule has 1 fully saturated rings. The van der Waals surface area contributed by atoms with Crippen LogP contribution in [0.5, 0.6) is 5.75 Å². The zero-order valence-electron chi connectivity index (χ0n) is 16.2. The predicted molar refractivity (Wildman–Crippen MR) is 112 cm³/mol. The molecule has 2 aliphatic rings. The fourth-order valence-corrected chi connectivity index (χ4v) is 4.88. The Morgan fingerprint density at radius 1 is 0.897 bits per heavy atom. The number of ketones is 1. The fourth-order valence-electron chi connectivity index (χ4n) is 4.88. The molecule has 1 aliphatic carbocycles. The van der Waals surface area contributed by atoms with E-state index in [9.17, 15) is 14.7 Å². The molecule has 1 aliphatic heterocycles. The summed E-state index contributed by atoms with van der Waals surface area (Å²) in [6.45, 7) is 1.01. The SMILES string of the molecule is O=C(c1ccc2c3c(cccc13)CC2)[C@@H]1CCCN(C(=O)c2ccccc2O)C1. The molecule has 1 amide bonds. The van der Waals surface area contributed by atoms with Crippen LogP contribution in [-0.2, 0) is 12.8 Å². The molecule has 1 atom stereocenters. The number of nitrogens with zero attached hydrogens (tertiary/aromatic N) is 1. The highest BCUT2D eigenvalue weighted by molar-refractivity contribution is 6.11. The van der Waals surface area contributed by atoms with Gasteiger partial charge in [0.15, 0.2) is 5.78 Å². The van der Waals surface area contributed by atoms with Crippen LogP contribution in [0.4, 0.5) is 0 Å². The highest BCUT2D eigenvalue weighted by atomic mass is 16.3. The van der Waals surface area contributed by atoms with Gasteiger partial charge in [-0.15, -0.1) is 0 Å². The van der Waals surface area contributed by atoms with Crippen LogP contribution in [-0.4, -0.2) is 34.8 Å². The van der Waals surface area contributed by atoms with Gasteiger partial charge < -0.3 is 10.0 Å². The summed E-state index contributed by atoms with van der Waals surface area (Å²) >= 11 is 0. The minimum atomic E-state index is -0.211. The van der Waals surface area contributed by atoms with Crippen molar-refractivity contribution < 1.29 is 14.7 Å². The number of piperidine rings is 1. The highest BCUT2D eigenvalue weighted by Gasteiger charge is 2.31. The number of phenols is 1. The first-order chi connectivity index (χ1) is 14.1. The minimum Gasteiger partial charge on any atom is -0.507 e. The zero-order valence-corrected chi connectivity index (χ0v) is 16.2. The first-order valence-electron chi connectivity index (χ1n) is 10.3. The average molecular weight is 385 g/mol. The van der Waals surface area contributed by atoms with Crippen molar-refractivity contribution in [1.82, 2.24) is 4.90 Å². The van der Waals surface area contributed by atoms with Gasteiger partial charge >= 0.3 is 0 Å². The lowest BCUT2D eigenvalue weighted by atomic mass is 9.87. The monoisotopic (exact) mass is 385 g/mol. The summed E-state index contributed by atoms with van der Waals surface area (Å²) in [4.78, 5) is 28.0. The molecule has 0 radical (unpaired) electrons. The summed E-state index contributed by atoms with van der Waals surface area (Å²) in [5, 5.41) is 12.3. The molecule has 1 N–H and O–H groups in total. The molecule has 146 valence electrons. The number of para-hydroxylation sites is 1. The Morgan fingerprint density at radius 3 is 2.52 bits per heavy atom. The number of hydrogen-bond donors (Lipinski definition) is 1. The lowest BCUT2D eigenvalue weighted by Gasteiger charge is -2.32. The van der Waals surface area contributed by atoms with Crippen LogP contribution in [0.2, 0.25) is 0 Å². The number of Topliss-reactive ketones (excluding diaryl/α,β-unsaturated/α-hetero) is 1. The van der Waals surface area contributed by atoms with Crippen molar-refractivity contribution in [3.63, 3.8) is 0 Å². The van der Waals surface area contributed by atoms with Crippen molar-refractivity contribution in [3.05, 3.63) is 76.9 Å². The molecule has 0 saturated carbocycles. The largest absolute Gasteiger partial charge is 0.507 e. The van der Waals surface area contributed by atoms with Crippen LogP contribution < -0.4 is 0 Å². The Kier molecular flexibility index (Phi) is 4.35. The minimum absolute atomic E-state index is 0.0153. The summed E-state index contributed by atoms with van der Waals surface area (Å²) in [6, 6.07) is 16.9. The van der Waals surface area contributed by atoms with Gasteiger partial charge in [-0.25, -0.2) is 0 Å². The Hall–Kier alpha value is -3.14.